The van der Waals surface area contributed by atoms with Gasteiger partial charge in [0.25, 0.3) is 0 Å². The number of piperidine rings is 1. The van der Waals surface area contributed by atoms with Crippen LogP contribution in [0.1, 0.15) is 19.4 Å². The second-order valence-corrected chi connectivity index (χ2v) is 9.19. The van der Waals surface area contributed by atoms with E-state index in [1.807, 2.05) is 24.4 Å². The molecule has 2 aliphatic rings. The molecule has 0 bridgehead atoms. The fraction of sp³-hybridized carbons (Fsp3) is 0.435. The molecule has 3 aromatic rings. The number of rotatable bonds is 6. The molecule has 0 amide bonds. The molecule has 0 spiro atoms. The quantitative estimate of drug-likeness (QED) is 0.630. The third kappa shape index (κ3) is 3.60. The van der Waals surface area contributed by atoms with Gasteiger partial charge in [-0.15, -0.1) is 0 Å². The van der Waals surface area contributed by atoms with Gasteiger partial charge < -0.3 is 20.5 Å². The zero-order valence-electron chi connectivity index (χ0n) is 17.7. The topological polar surface area (TPSA) is 113 Å². The van der Waals surface area contributed by atoms with Crippen LogP contribution in [0.15, 0.2) is 36.8 Å². The molecule has 1 saturated carbocycles. The van der Waals surface area contributed by atoms with Gasteiger partial charge >= 0.3 is 0 Å². The molecule has 8 nitrogen and oxygen atoms in total. The number of aromatic nitrogens is 3. The number of nitrogens with zero attached hydrogens (tertiary/aromatic N) is 5. The molecule has 1 unspecified atom stereocenters. The van der Waals surface area contributed by atoms with Crippen LogP contribution < -0.4 is 15.4 Å². The van der Waals surface area contributed by atoms with E-state index < -0.39 is 5.60 Å². The lowest BCUT2D eigenvalue weighted by Crippen LogP contribution is -2.27. The van der Waals surface area contributed by atoms with Gasteiger partial charge in [0.2, 0.25) is 0 Å². The first-order valence-corrected chi connectivity index (χ1v) is 10.6. The lowest BCUT2D eigenvalue weighted by atomic mass is 10.1. The van der Waals surface area contributed by atoms with E-state index in [2.05, 4.69) is 16.1 Å². The SMILES string of the molecule is CC(C)(O)COc1cc(-c2ccc(N3CC4[C@H](CN)[C@H]4C3)nc2)c2c(C#N)cnn2c1. The standard InChI is InChI=1S/C23H26N6O2/c1-23(2,30)13-31-16-5-17(22-15(6-24)9-27-29(22)10-16)14-3-4-21(26-8-14)28-11-19-18(7-25)20(19)12-28/h3-5,8-10,18-20,30H,7,11-13,25H2,1-2H3/t18-,19-,20?/m1/s1. The van der Waals surface area contributed by atoms with Gasteiger partial charge in [0.05, 0.1) is 29.1 Å². The van der Waals surface area contributed by atoms with Crippen molar-refractivity contribution in [3.8, 4) is 22.9 Å². The second-order valence-electron chi connectivity index (χ2n) is 9.19. The van der Waals surface area contributed by atoms with Gasteiger partial charge in [0.1, 0.15) is 24.2 Å². The van der Waals surface area contributed by atoms with Crippen LogP contribution in [0.25, 0.3) is 16.6 Å². The number of hydrogen-bond acceptors (Lipinski definition) is 7. The number of aliphatic hydroxyl groups is 1. The van der Waals surface area contributed by atoms with E-state index in [4.69, 9.17) is 15.5 Å². The number of nitrogens with two attached hydrogens (primary N) is 1. The van der Waals surface area contributed by atoms with Crippen LogP contribution >= 0.6 is 0 Å². The molecule has 0 aromatic carbocycles. The molecule has 2 fully saturated rings. The summed E-state index contributed by atoms with van der Waals surface area (Å²) in [6, 6.07) is 8.13. The largest absolute Gasteiger partial charge is 0.489 e. The van der Waals surface area contributed by atoms with E-state index in [9.17, 15) is 10.4 Å². The molecular weight excluding hydrogens is 392 g/mol. The Hall–Kier alpha value is -3.15. The first kappa shape index (κ1) is 19.8. The Labute approximate surface area is 180 Å². The van der Waals surface area contributed by atoms with Crippen LogP contribution in [0.5, 0.6) is 5.75 Å². The van der Waals surface area contributed by atoms with Gasteiger partial charge in [-0.1, -0.05) is 0 Å². The summed E-state index contributed by atoms with van der Waals surface area (Å²) >= 11 is 0. The van der Waals surface area contributed by atoms with Crippen molar-refractivity contribution in [3.05, 3.63) is 42.4 Å². The van der Waals surface area contributed by atoms with Gasteiger partial charge in [0.15, 0.2) is 0 Å². The first-order chi connectivity index (χ1) is 14.9. The Kier molecular flexibility index (Phi) is 4.61. The van der Waals surface area contributed by atoms with E-state index >= 15 is 0 Å². The highest BCUT2D eigenvalue weighted by Crippen LogP contribution is 2.51. The molecule has 3 N–H and O–H groups in total. The maximum absolute atomic E-state index is 10.00. The number of anilines is 1. The van der Waals surface area contributed by atoms with Crippen molar-refractivity contribution in [2.45, 2.75) is 19.4 Å². The molecule has 1 saturated heterocycles. The number of fused-ring (bicyclic) bond motifs is 2. The Balaban J connectivity index is 1.45. The lowest BCUT2D eigenvalue weighted by molar-refractivity contribution is 0.0283. The van der Waals surface area contributed by atoms with E-state index in [-0.39, 0.29) is 6.61 Å². The minimum Gasteiger partial charge on any atom is -0.489 e. The van der Waals surface area contributed by atoms with Crippen molar-refractivity contribution >= 4 is 11.3 Å². The molecule has 1 aliphatic carbocycles. The van der Waals surface area contributed by atoms with Crippen molar-refractivity contribution in [2.75, 3.05) is 31.1 Å². The highest BCUT2D eigenvalue weighted by atomic mass is 16.5. The number of nitriles is 1. The molecule has 160 valence electrons. The monoisotopic (exact) mass is 418 g/mol. The predicted octanol–water partition coefficient (Wildman–Crippen LogP) is 2.06. The van der Waals surface area contributed by atoms with Crippen molar-refractivity contribution in [2.24, 2.45) is 23.5 Å². The molecular formula is C23H26N6O2. The summed E-state index contributed by atoms with van der Waals surface area (Å²) < 4.78 is 7.43. The minimum absolute atomic E-state index is 0.141. The highest BCUT2D eigenvalue weighted by Gasteiger charge is 2.54. The van der Waals surface area contributed by atoms with Crippen molar-refractivity contribution < 1.29 is 9.84 Å². The molecule has 1 aliphatic heterocycles. The third-order valence-corrected chi connectivity index (χ3v) is 6.33. The fourth-order valence-electron chi connectivity index (χ4n) is 4.66. The molecule has 4 heterocycles. The Bertz CT molecular complexity index is 1150. The van der Waals surface area contributed by atoms with Crippen molar-refractivity contribution in [1.29, 1.82) is 5.26 Å². The Morgan fingerprint density at radius 3 is 2.68 bits per heavy atom. The lowest BCUT2D eigenvalue weighted by Gasteiger charge is -2.21. The van der Waals surface area contributed by atoms with Crippen LogP contribution in [0.2, 0.25) is 0 Å². The van der Waals surface area contributed by atoms with Gasteiger partial charge in [-0.05, 0) is 56.3 Å². The molecule has 3 aromatic heterocycles. The van der Waals surface area contributed by atoms with Gasteiger partial charge in [0, 0.05) is 30.4 Å². The summed E-state index contributed by atoms with van der Waals surface area (Å²) in [7, 11) is 0. The maximum Gasteiger partial charge on any atom is 0.138 e. The van der Waals surface area contributed by atoms with Crippen molar-refractivity contribution in [3.63, 3.8) is 0 Å². The van der Waals surface area contributed by atoms with Crippen LogP contribution in [0.4, 0.5) is 5.82 Å². The van der Waals surface area contributed by atoms with Crippen LogP contribution in [-0.4, -0.2) is 51.5 Å². The summed E-state index contributed by atoms with van der Waals surface area (Å²) in [5.74, 6) is 3.63. The minimum atomic E-state index is -0.959. The summed E-state index contributed by atoms with van der Waals surface area (Å²) in [4.78, 5) is 7.03. The molecule has 8 heteroatoms. The zero-order chi connectivity index (χ0) is 21.8. The fourth-order valence-corrected chi connectivity index (χ4v) is 4.66. The molecule has 0 radical (unpaired) electrons. The molecule has 31 heavy (non-hydrogen) atoms. The number of ether oxygens (including phenoxy) is 1. The first-order valence-electron chi connectivity index (χ1n) is 10.6. The number of hydrogen-bond donors (Lipinski definition) is 2. The summed E-state index contributed by atoms with van der Waals surface area (Å²) in [6.45, 7) is 6.34. The molecule has 3 atom stereocenters. The normalized spacial score (nSPS) is 22.4. The Morgan fingerprint density at radius 1 is 1.29 bits per heavy atom. The zero-order valence-corrected chi connectivity index (χ0v) is 17.7. The number of pyridine rings is 2. The van der Waals surface area contributed by atoms with Crippen LogP contribution in [0.3, 0.4) is 0 Å². The van der Waals surface area contributed by atoms with Crippen molar-refractivity contribution in [1.82, 2.24) is 14.6 Å². The maximum atomic E-state index is 10.00. The van der Waals surface area contributed by atoms with Gasteiger partial charge in [-0.2, -0.15) is 10.4 Å². The second kappa shape index (κ2) is 7.22. The average molecular weight is 419 g/mol. The van der Waals surface area contributed by atoms with E-state index in [1.165, 1.54) is 0 Å². The summed E-state index contributed by atoms with van der Waals surface area (Å²) in [5, 5.41) is 23.8. The van der Waals surface area contributed by atoms with Gasteiger partial charge in [-0.25, -0.2) is 9.50 Å². The van der Waals surface area contributed by atoms with Gasteiger partial charge in [-0.3, -0.25) is 0 Å². The van der Waals surface area contributed by atoms with E-state index in [0.29, 0.717) is 34.6 Å². The van der Waals surface area contributed by atoms with Crippen LogP contribution in [-0.2, 0) is 0 Å². The summed E-state index contributed by atoms with van der Waals surface area (Å²) in [5.41, 5.74) is 7.75. The predicted molar refractivity (Wildman–Crippen MR) is 117 cm³/mol. The molecule has 5 rings (SSSR count). The average Bonchev–Trinajstić information content (AvgIpc) is 3.07. The van der Waals surface area contributed by atoms with E-state index in [0.717, 1.165) is 36.6 Å². The highest BCUT2D eigenvalue weighted by molar-refractivity contribution is 5.85. The van der Waals surface area contributed by atoms with Crippen LogP contribution in [0, 0.1) is 29.1 Å². The van der Waals surface area contributed by atoms with E-state index in [1.54, 1.807) is 30.8 Å². The third-order valence-electron chi connectivity index (χ3n) is 6.33. The smallest absolute Gasteiger partial charge is 0.138 e. The Morgan fingerprint density at radius 2 is 2.06 bits per heavy atom. The summed E-state index contributed by atoms with van der Waals surface area (Å²) in [6.07, 6.45) is 5.10.